The van der Waals surface area contributed by atoms with Crippen LogP contribution in [0.25, 0.3) is 45.8 Å². The molecule has 13 heteroatoms. The zero-order valence-electron chi connectivity index (χ0n) is 30.2. The van der Waals surface area contributed by atoms with Gasteiger partial charge in [0, 0.05) is 50.0 Å². The van der Waals surface area contributed by atoms with Gasteiger partial charge in [-0.1, -0.05) is 24.3 Å². The van der Waals surface area contributed by atoms with Crippen molar-refractivity contribution in [3.05, 3.63) is 105 Å². The molecule has 2 atom stereocenters. The molecule has 3 aromatic carbocycles. The predicted molar refractivity (Wildman–Crippen MR) is 199 cm³/mol. The first-order valence-electron chi connectivity index (χ1n) is 17.9. The number of aliphatic carboxylic acids is 1. The summed E-state index contributed by atoms with van der Waals surface area (Å²) in [6.45, 7) is 6.44. The van der Waals surface area contributed by atoms with E-state index in [0.717, 1.165) is 23.7 Å². The fourth-order valence-electron chi connectivity index (χ4n) is 7.62. The SMILES string of the molecule is Cc1cc(/C=C/c2nccc(-c3cccc(-c4nc5cc(CN6CC[C@@H](O)C6)cc(C#N)c5o4)c3C)c2C#N)c(C(F)(F)F)cc1CN1CC[C@@H](C(=O)O)C1. The molecule has 0 radical (unpaired) electrons. The Morgan fingerprint density at radius 3 is 2.44 bits per heavy atom. The van der Waals surface area contributed by atoms with E-state index in [2.05, 4.69) is 22.0 Å². The minimum absolute atomic E-state index is 0.0817. The van der Waals surface area contributed by atoms with Crippen molar-refractivity contribution in [3.63, 3.8) is 0 Å². The molecule has 2 fully saturated rings. The number of β-amino-alcohol motifs (C(OH)–C–C–N with tert-alkyl or cyclic N) is 1. The molecule has 0 amide bonds. The maximum atomic E-state index is 14.4. The standard InChI is InChI=1S/C42H37F3N6O4/c1-24-14-27(36(42(43,44)45)17-30(24)22-51-12-9-28(21-51)41(53)54)6-7-37-35(19-47)34(8-11-48-37)32-4-3-5-33(25(32)2)40-49-38-16-26(15-29(18-46)39(38)55-40)20-50-13-10-31(52)23-50/h3-8,11,14-17,28,31,52H,9-10,12-13,20-23H2,1-2H3,(H,53,54)/b7-6+/t28-,31-/m1/s1. The first kappa shape index (κ1) is 37.5. The summed E-state index contributed by atoms with van der Waals surface area (Å²) in [7, 11) is 0. The molecule has 0 unspecified atom stereocenters. The lowest BCUT2D eigenvalue weighted by atomic mass is 9.92. The number of aliphatic hydroxyl groups excluding tert-OH is 1. The molecule has 2 saturated heterocycles. The lowest BCUT2D eigenvalue weighted by Crippen LogP contribution is -2.23. The van der Waals surface area contributed by atoms with Crippen molar-refractivity contribution in [3.8, 4) is 34.7 Å². The topological polar surface area (TPSA) is 151 Å². The zero-order valence-corrected chi connectivity index (χ0v) is 30.2. The van der Waals surface area contributed by atoms with Crippen molar-refractivity contribution < 1.29 is 32.6 Å². The van der Waals surface area contributed by atoms with Crippen molar-refractivity contribution in [2.24, 2.45) is 5.92 Å². The van der Waals surface area contributed by atoms with Gasteiger partial charge in [0.05, 0.1) is 34.4 Å². The summed E-state index contributed by atoms with van der Waals surface area (Å²) in [6, 6.07) is 17.8. The number of halogens is 3. The van der Waals surface area contributed by atoms with Gasteiger partial charge in [-0.05, 0) is 103 Å². The van der Waals surface area contributed by atoms with Crippen LogP contribution in [0.2, 0.25) is 0 Å². The van der Waals surface area contributed by atoms with E-state index in [1.807, 2.05) is 30.0 Å². The maximum Gasteiger partial charge on any atom is 0.416 e. The number of likely N-dealkylation sites (tertiary alicyclic amines) is 2. The minimum atomic E-state index is -4.67. The Bertz CT molecular complexity index is 2430. The van der Waals surface area contributed by atoms with Crippen molar-refractivity contribution in [1.29, 1.82) is 10.5 Å². The van der Waals surface area contributed by atoms with Gasteiger partial charge in [-0.15, -0.1) is 0 Å². The average Bonchev–Trinajstić information content (AvgIpc) is 3.91. The molecular formula is C42H37F3N6O4. The summed E-state index contributed by atoms with van der Waals surface area (Å²) in [5.74, 6) is -1.15. The normalized spacial score (nSPS) is 18.0. The highest BCUT2D eigenvalue weighted by Gasteiger charge is 2.34. The number of rotatable bonds is 9. The van der Waals surface area contributed by atoms with E-state index in [4.69, 9.17) is 9.40 Å². The third-order valence-electron chi connectivity index (χ3n) is 10.5. The number of benzene rings is 3. The third-order valence-corrected chi connectivity index (χ3v) is 10.5. The van der Waals surface area contributed by atoms with Crippen molar-refractivity contribution >= 4 is 29.2 Å². The molecule has 280 valence electrons. The minimum Gasteiger partial charge on any atom is -0.481 e. The number of oxazole rings is 1. The number of alkyl halides is 3. The van der Waals surface area contributed by atoms with Gasteiger partial charge < -0.3 is 14.6 Å². The van der Waals surface area contributed by atoms with E-state index < -0.39 is 23.6 Å². The molecule has 0 saturated carbocycles. The van der Waals surface area contributed by atoms with Crippen LogP contribution in [-0.4, -0.2) is 68.2 Å². The van der Waals surface area contributed by atoms with Crippen LogP contribution < -0.4 is 0 Å². The number of fused-ring (bicyclic) bond motifs is 1. The number of aliphatic hydroxyl groups is 1. The molecule has 0 bridgehead atoms. The first-order chi connectivity index (χ1) is 26.3. The van der Waals surface area contributed by atoms with E-state index >= 15 is 0 Å². The summed E-state index contributed by atoms with van der Waals surface area (Å²) in [4.78, 5) is 24.5. The van der Waals surface area contributed by atoms with Gasteiger partial charge in [-0.25, -0.2) is 4.98 Å². The quantitative estimate of drug-likeness (QED) is 0.155. The van der Waals surface area contributed by atoms with Crippen LogP contribution in [0.1, 0.15) is 63.0 Å². The van der Waals surface area contributed by atoms with Crippen LogP contribution in [0.5, 0.6) is 0 Å². The Morgan fingerprint density at radius 2 is 1.75 bits per heavy atom. The van der Waals surface area contributed by atoms with Gasteiger partial charge in [-0.2, -0.15) is 23.7 Å². The van der Waals surface area contributed by atoms with Gasteiger partial charge in [0.1, 0.15) is 17.7 Å². The summed E-state index contributed by atoms with van der Waals surface area (Å²) in [5, 5.41) is 39.6. The van der Waals surface area contributed by atoms with E-state index in [9.17, 15) is 38.7 Å². The molecule has 0 spiro atoms. The van der Waals surface area contributed by atoms with Gasteiger partial charge in [0.25, 0.3) is 0 Å². The van der Waals surface area contributed by atoms with Crippen LogP contribution in [0.4, 0.5) is 13.2 Å². The molecule has 2 aliphatic rings. The zero-order chi connectivity index (χ0) is 39.0. The lowest BCUT2D eigenvalue weighted by Gasteiger charge is -2.20. The number of aryl methyl sites for hydroxylation is 1. The van der Waals surface area contributed by atoms with Crippen molar-refractivity contribution in [2.75, 3.05) is 26.2 Å². The van der Waals surface area contributed by atoms with Crippen LogP contribution in [-0.2, 0) is 24.1 Å². The molecule has 2 N–H and O–H groups in total. The van der Waals surface area contributed by atoms with Gasteiger partial charge in [-0.3, -0.25) is 19.6 Å². The second-order valence-electron chi connectivity index (χ2n) is 14.3. The second kappa shape index (κ2) is 15.1. The highest BCUT2D eigenvalue weighted by molar-refractivity contribution is 5.86. The summed E-state index contributed by atoms with van der Waals surface area (Å²) >= 11 is 0. The molecule has 55 heavy (non-hydrogen) atoms. The lowest BCUT2D eigenvalue weighted by molar-refractivity contribution is -0.141. The molecule has 2 aliphatic heterocycles. The molecule has 10 nitrogen and oxygen atoms in total. The predicted octanol–water partition coefficient (Wildman–Crippen LogP) is 7.58. The summed E-state index contributed by atoms with van der Waals surface area (Å²) in [6.07, 6.45) is 0.345. The molecule has 4 heterocycles. The Hall–Kier alpha value is -5.86. The Morgan fingerprint density at radius 1 is 0.982 bits per heavy atom. The summed E-state index contributed by atoms with van der Waals surface area (Å²) in [5.41, 5.74) is 5.20. The fraction of sp³-hybridized carbons (Fsp3) is 0.310. The second-order valence-corrected chi connectivity index (χ2v) is 14.3. The Labute approximate surface area is 315 Å². The van der Waals surface area contributed by atoms with Crippen LogP contribution in [0.3, 0.4) is 0 Å². The van der Waals surface area contributed by atoms with E-state index in [1.54, 1.807) is 25.1 Å². The largest absolute Gasteiger partial charge is 0.481 e. The number of pyridine rings is 1. The van der Waals surface area contributed by atoms with Gasteiger partial charge >= 0.3 is 12.1 Å². The van der Waals surface area contributed by atoms with E-state index in [1.165, 1.54) is 24.4 Å². The fourth-order valence-corrected chi connectivity index (χ4v) is 7.62. The number of nitrogens with zero attached hydrogens (tertiary/aromatic N) is 6. The smallest absolute Gasteiger partial charge is 0.416 e. The molecular weight excluding hydrogens is 709 g/mol. The Kier molecular flexibility index (Phi) is 10.3. The number of hydrogen-bond acceptors (Lipinski definition) is 9. The monoisotopic (exact) mass is 746 g/mol. The van der Waals surface area contributed by atoms with Crippen molar-refractivity contribution in [2.45, 2.75) is 52.1 Å². The number of carboxylic acid groups (broad SMARTS) is 1. The number of aromatic nitrogens is 2. The maximum absolute atomic E-state index is 14.4. The number of hydrogen-bond donors (Lipinski definition) is 2. The third kappa shape index (κ3) is 7.73. The molecule has 7 rings (SSSR count). The highest BCUT2D eigenvalue weighted by Crippen LogP contribution is 2.38. The van der Waals surface area contributed by atoms with Gasteiger partial charge in [0.2, 0.25) is 5.89 Å². The van der Waals surface area contributed by atoms with Crippen molar-refractivity contribution in [1.82, 2.24) is 19.8 Å². The molecule has 5 aromatic rings. The van der Waals surface area contributed by atoms with Crippen LogP contribution >= 0.6 is 0 Å². The number of nitriles is 2. The number of carbonyl (C=O) groups is 1. The highest BCUT2D eigenvalue weighted by atomic mass is 19.4. The Balaban J connectivity index is 1.20. The van der Waals surface area contributed by atoms with E-state index in [-0.39, 0.29) is 41.9 Å². The van der Waals surface area contributed by atoms with Crippen LogP contribution in [0.15, 0.2) is 59.1 Å². The van der Waals surface area contributed by atoms with Gasteiger partial charge in [0.15, 0.2) is 5.58 Å². The molecule has 0 aliphatic carbocycles. The first-order valence-corrected chi connectivity index (χ1v) is 17.9. The summed E-state index contributed by atoms with van der Waals surface area (Å²) < 4.78 is 49.4. The molecule has 2 aromatic heterocycles. The van der Waals surface area contributed by atoms with Crippen LogP contribution in [0, 0.1) is 42.4 Å². The average molecular weight is 747 g/mol. The number of carboxylic acids is 1. The van der Waals surface area contributed by atoms with E-state index in [0.29, 0.717) is 77.0 Å².